The Bertz CT molecular complexity index is 927. The van der Waals surface area contributed by atoms with Gasteiger partial charge < -0.3 is 5.32 Å². The molecule has 1 amide bonds. The zero-order valence-corrected chi connectivity index (χ0v) is 18.4. The normalized spacial score (nSPS) is 12.5. The molecule has 2 aromatic rings. The summed E-state index contributed by atoms with van der Waals surface area (Å²) in [6.07, 6.45) is 1.85. The SMILES string of the molecule is CCC(NC(=O)CN(c1c(C)cc(C)cc1C)S(C)(=O)=O)c1ccc(C)cc1. The van der Waals surface area contributed by atoms with Crippen molar-refractivity contribution >= 4 is 21.6 Å². The van der Waals surface area contributed by atoms with Crippen molar-refractivity contribution in [3.63, 3.8) is 0 Å². The molecule has 0 aromatic heterocycles. The molecule has 0 fully saturated rings. The Morgan fingerprint density at radius 1 is 1.00 bits per heavy atom. The topological polar surface area (TPSA) is 66.5 Å². The van der Waals surface area contributed by atoms with Crippen LogP contribution in [-0.4, -0.2) is 27.1 Å². The first-order valence-electron chi connectivity index (χ1n) is 9.44. The fraction of sp³-hybridized carbons (Fsp3) is 0.409. The Labute approximate surface area is 168 Å². The number of anilines is 1. The maximum absolute atomic E-state index is 12.8. The van der Waals surface area contributed by atoms with Crippen LogP contribution in [0.2, 0.25) is 0 Å². The molecule has 0 aliphatic rings. The number of hydrogen-bond donors (Lipinski definition) is 1. The van der Waals surface area contributed by atoms with E-state index >= 15 is 0 Å². The molecule has 28 heavy (non-hydrogen) atoms. The number of carbonyl (C=O) groups is 1. The molecule has 1 N–H and O–H groups in total. The molecule has 1 atom stereocenters. The van der Waals surface area contributed by atoms with Gasteiger partial charge in [-0.1, -0.05) is 54.4 Å². The van der Waals surface area contributed by atoms with E-state index in [9.17, 15) is 13.2 Å². The van der Waals surface area contributed by atoms with Crippen LogP contribution in [0.25, 0.3) is 0 Å². The second kappa shape index (κ2) is 8.78. The number of benzene rings is 2. The number of nitrogens with zero attached hydrogens (tertiary/aromatic N) is 1. The second-order valence-electron chi connectivity index (χ2n) is 7.46. The lowest BCUT2D eigenvalue weighted by Crippen LogP contribution is -2.42. The van der Waals surface area contributed by atoms with E-state index in [1.807, 2.05) is 71.0 Å². The van der Waals surface area contributed by atoms with Gasteiger partial charge in [-0.2, -0.15) is 0 Å². The molecular weight excluding hydrogens is 372 g/mol. The molecule has 0 bridgehead atoms. The maximum Gasteiger partial charge on any atom is 0.241 e. The summed E-state index contributed by atoms with van der Waals surface area (Å²) in [6.45, 7) is 9.46. The van der Waals surface area contributed by atoms with Crippen molar-refractivity contribution in [1.82, 2.24) is 5.32 Å². The lowest BCUT2D eigenvalue weighted by molar-refractivity contribution is -0.120. The van der Waals surface area contributed by atoms with E-state index in [0.717, 1.165) is 40.5 Å². The minimum absolute atomic E-state index is 0.158. The van der Waals surface area contributed by atoms with Gasteiger partial charge in [-0.05, 0) is 50.8 Å². The van der Waals surface area contributed by atoms with Crippen molar-refractivity contribution in [2.24, 2.45) is 0 Å². The Morgan fingerprint density at radius 3 is 2.00 bits per heavy atom. The summed E-state index contributed by atoms with van der Waals surface area (Å²) in [7, 11) is -3.61. The highest BCUT2D eigenvalue weighted by molar-refractivity contribution is 7.92. The van der Waals surface area contributed by atoms with Crippen LogP contribution in [0.4, 0.5) is 5.69 Å². The quantitative estimate of drug-likeness (QED) is 0.762. The molecule has 152 valence electrons. The first-order chi connectivity index (χ1) is 13.0. The Morgan fingerprint density at radius 2 is 1.54 bits per heavy atom. The molecule has 0 aliphatic heterocycles. The molecule has 1 unspecified atom stereocenters. The summed E-state index contributed by atoms with van der Waals surface area (Å²) in [6, 6.07) is 11.7. The molecule has 2 rings (SSSR count). The van der Waals surface area contributed by atoms with E-state index in [-0.39, 0.29) is 18.5 Å². The molecule has 2 aromatic carbocycles. The molecule has 6 heteroatoms. The van der Waals surface area contributed by atoms with Crippen LogP contribution in [0.1, 0.15) is 47.2 Å². The van der Waals surface area contributed by atoms with Crippen molar-refractivity contribution < 1.29 is 13.2 Å². The second-order valence-corrected chi connectivity index (χ2v) is 9.36. The highest BCUT2D eigenvalue weighted by atomic mass is 32.2. The lowest BCUT2D eigenvalue weighted by atomic mass is 10.0. The highest BCUT2D eigenvalue weighted by Gasteiger charge is 2.25. The van der Waals surface area contributed by atoms with Gasteiger partial charge in [-0.25, -0.2) is 8.42 Å². The van der Waals surface area contributed by atoms with E-state index in [4.69, 9.17) is 0 Å². The lowest BCUT2D eigenvalue weighted by Gasteiger charge is -2.27. The predicted molar refractivity (Wildman–Crippen MR) is 115 cm³/mol. The number of hydrogen-bond acceptors (Lipinski definition) is 3. The molecule has 0 spiro atoms. The van der Waals surface area contributed by atoms with Crippen molar-refractivity contribution in [3.8, 4) is 0 Å². The van der Waals surface area contributed by atoms with Gasteiger partial charge in [0.25, 0.3) is 0 Å². The van der Waals surface area contributed by atoms with Gasteiger partial charge in [0, 0.05) is 0 Å². The first kappa shape index (κ1) is 22.0. The third-order valence-corrected chi connectivity index (χ3v) is 5.91. The number of rotatable bonds is 7. The van der Waals surface area contributed by atoms with Crippen LogP contribution in [0.3, 0.4) is 0 Å². The highest BCUT2D eigenvalue weighted by Crippen LogP contribution is 2.28. The van der Waals surface area contributed by atoms with E-state index in [1.165, 1.54) is 4.31 Å². The molecular formula is C22H30N2O3S. The van der Waals surface area contributed by atoms with Gasteiger partial charge in [0.05, 0.1) is 18.0 Å². The number of nitrogens with one attached hydrogen (secondary N) is 1. The summed E-state index contributed by atoms with van der Waals surface area (Å²) in [4.78, 5) is 12.8. The van der Waals surface area contributed by atoms with Gasteiger partial charge >= 0.3 is 0 Å². The molecule has 0 radical (unpaired) electrons. The molecule has 0 aliphatic carbocycles. The maximum atomic E-state index is 12.8. The van der Waals surface area contributed by atoms with Crippen molar-refractivity contribution in [3.05, 3.63) is 64.2 Å². The van der Waals surface area contributed by atoms with Gasteiger partial charge in [0.15, 0.2) is 0 Å². The standard InChI is InChI=1S/C22H30N2O3S/c1-7-20(19-10-8-15(2)9-11-19)23-21(25)14-24(28(6,26)27)22-17(4)12-16(3)13-18(22)5/h8-13,20H,7,14H2,1-6H3,(H,23,25). The number of amides is 1. The van der Waals surface area contributed by atoms with Gasteiger partial charge in [-0.15, -0.1) is 0 Å². The zero-order valence-electron chi connectivity index (χ0n) is 17.5. The minimum atomic E-state index is -3.61. The molecule has 0 heterocycles. The van der Waals surface area contributed by atoms with Gasteiger partial charge in [0.2, 0.25) is 15.9 Å². The zero-order chi connectivity index (χ0) is 21.1. The van der Waals surface area contributed by atoms with Crippen LogP contribution in [0, 0.1) is 27.7 Å². The summed E-state index contributed by atoms with van der Waals surface area (Å²) >= 11 is 0. The predicted octanol–water partition coefficient (Wildman–Crippen LogP) is 3.95. The average molecular weight is 403 g/mol. The first-order valence-corrected chi connectivity index (χ1v) is 11.3. The largest absolute Gasteiger partial charge is 0.348 e. The average Bonchev–Trinajstić information content (AvgIpc) is 2.58. The summed E-state index contributed by atoms with van der Waals surface area (Å²) < 4.78 is 26.1. The van der Waals surface area contributed by atoms with E-state index in [1.54, 1.807) is 0 Å². The van der Waals surface area contributed by atoms with Crippen molar-refractivity contribution in [2.45, 2.75) is 47.1 Å². The molecule has 5 nitrogen and oxygen atoms in total. The van der Waals surface area contributed by atoms with Crippen LogP contribution in [0.5, 0.6) is 0 Å². The van der Waals surface area contributed by atoms with Gasteiger partial charge in [-0.3, -0.25) is 9.10 Å². The monoisotopic (exact) mass is 402 g/mol. The van der Waals surface area contributed by atoms with Crippen LogP contribution in [0.15, 0.2) is 36.4 Å². The minimum Gasteiger partial charge on any atom is -0.348 e. The van der Waals surface area contributed by atoms with Crippen LogP contribution >= 0.6 is 0 Å². The van der Waals surface area contributed by atoms with Crippen molar-refractivity contribution in [2.75, 3.05) is 17.1 Å². The van der Waals surface area contributed by atoms with E-state index < -0.39 is 10.0 Å². The fourth-order valence-electron chi connectivity index (χ4n) is 3.52. The van der Waals surface area contributed by atoms with E-state index in [2.05, 4.69) is 5.32 Å². The van der Waals surface area contributed by atoms with Crippen LogP contribution < -0.4 is 9.62 Å². The Kier molecular flexibility index (Phi) is 6.88. The third kappa shape index (κ3) is 5.35. The van der Waals surface area contributed by atoms with Crippen LogP contribution in [-0.2, 0) is 14.8 Å². The van der Waals surface area contributed by atoms with Gasteiger partial charge in [0.1, 0.15) is 6.54 Å². The number of sulfonamides is 1. The smallest absolute Gasteiger partial charge is 0.241 e. The van der Waals surface area contributed by atoms with E-state index in [0.29, 0.717) is 5.69 Å². The number of carbonyl (C=O) groups excluding carboxylic acids is 1. The summed E-state index contributed by atoms with van der Waals surface area (Å²) in [5.41, 5.74) is 5.46. The third-order valence-electron chi connectivity index (χ3n) is 4.80. The Balaban J connectivity index is 2.28. The van der Waals surface area contributed by atoms with Crippen molar-refractivity contribution in [1.29, 1.82) is 0 Å². The Hall–Kier alpha value is -2.34. The molecule has 0 saturated heterocycles. The fourth-order valence-corrected chi connectivity index (χ4v) is 4.49. The summed E-state index contributed by atoms with van der Waals surface area (Å²) in [5.74, 6) is -0.322. The molecule has 0 saturated carbocycles. The number of aryl methyl sites for hydroxylation is 4. The summed E-state index contributed by atoms with van der Waals surface area (Å²) in [5, 5.41) is 2.98.